The minimum absolute atomic E-state index is 0.0314. The van der Waals surface area contributed by atoms with E-state index < -0.39 is 0 Å². The summed E-state index contributed by atoms with van der Waals surface area (Å²) in [6, 6.07) is 4.55. The van der Waals surface area contributed by atoms with E-state index in [4.69, 9.17) is 0 Å². The molecule has 6 heteroatoms. The number of piperidine rings is 1. The maximum atomic E-state index is 13.6. The van der Waals surface area contributed by atoms with Crippen LogP contribution in [0.1, 0.15) is 25.7 Å². The standard InChI is InChI=1S/C18H21FN4O/c19-14-5-6-16-15(8-14)17(22-11-21-16)23-7-1-2-13(10-23)18(24)20-9-12-3-4-12/h5-6,8,11-13H,1-4,7,9-10H2,(H,20,24). The van der Waals surface area contributed by atoms with E-state index in [9.17, 15) is 9.18 Å². The number of hydrogen-bond donors (Lipinski definition) is 1. The molecule has 1 saturated heterocycles. The molecular weight excluding hydrogens is 307 g/mol. The van der Waals surface area contributed by atoms with Gasteiger partial charge in [0.2, 0.25) is 5.91 Å². The topological polar surface area (TPSA) is 58.1 Å². The van der Waals surface area contributed by atoms with Crippen molar-refractivity contribution in [3.8, 4) is 0 Å². The van der Waals surface area contributed by atoms with Crippen LogP contribution in [0.4, 0.5) is 10.2 Å². The summed E-state index contributed by atoms with van der Waals surface area (Å²) in [6.07, 6.45) is 5.80. The first-order chi connectivity index (χ1) is 11.7. The molecule has 1 amide bonds. The van der Waals surface area contributed by atoms with Gasteiger partial charge in [0.25, 0.3) is 0 Å². The Kier molecular flexibility index (Phi) is 4.04. The summed E-state index contributed by atoms with van der Waals surface area (Å²) in [5.41, 5.74) is 0.724. The second-order valence-corrected chi connectivity index (χ2v) is 6.83. The third-order valence-electron chi connectivity index (χ3n) is 4.93. The number of fused-ring (bicyclic) bond motifs is 1. The van der Waals surface area contributed by atoms with Crippen LogP contribution in [-0.2, 0) is 4.79 Å². The largest absolute Gasteiger partial charge is 0.356 e. The van der Waals surface area contributed by atoms with Crippen molar-refractivity contribution < 1.29 is 9.18 Å². The fourth-order valence-electron chi connectivity index (χ4n) is 3.36. The molecule has 126 valence electrons. The van der Waals surface area contributed by atoms with Crippen molar-refractivity contribution in [2.45, 2.75) is 25.7 Å². The second kappa shape index (κ2) is 6.34. The number of nitrogens with one attached hydrogen (secondary N) is 1. The zero-order valence-electron chi connectivity index (χ0n) is 13.5. The number of carbonyl (C=O) groups is 1. The number of carbonyl (C=O) groups excluding carboxylic acids is 1. The van der Waals surface area contributed by atoms with Gasteiger partial charge in [0, 0.05) is 25.0 Å². The number of rotatable bonds is 4. The minimum Gasteiger partial charge on any atom is -0.356 e. The van der Waals surface area contributed by atoms with Gasteiger partial charge in [-0.05, 0) is 49.8 Å². The first-order valence-electron chi connectivity index (χ1n) is 8.63. The van der Waals surface area contributed by atoms with Crippen LogP contribution in [0.5, 0.6) is 0 Å². The van der Waals surface area contributed by atoms with Crippen LogP contribution in [-0.4, -0.2) is 35.5 Å². The molecule has 1 aliphatic carbocycles. The molecule has 4 rings (SSSR count). The van der Waals surface area contributed by atoms with Crippen LogP contribution in [0.15, 0.2) is 24.5 Å². The number of aromatic nitrogens is 2. The Morgan fingerprint density at radius 2 is 2.17 bits per heavy atom. The zero-order valence-corrected chi connectivity index (χ0v) is 13.5. The van der Waals surface area contributed by atoms with Crippen LogP contribution in [0.3, 0.4) is 0 Å². The molecule has 5 nitrogen and oxygen atoms in total. The number of benzene rings is 1. The fourth-order valence-corrected chi connectivity index (χ4v) is 3.36. The fraction of sp³-hybridized carbons (Fsp3) is 0.500. The van der Waals surface area contributed by atoms with Gasteiger partial charge in [0.1, 0.15) is 18.0 Å². The van der Waals surface area contributed by atoms with Gasteiger partial charge in [0.15, 0.2) is 0 Å². The van der Waals surface area contributed by atoms with Crippen LogP contribution in [0.25, 0.3) is 10.9 Å². The average molecular weight is 328 g/mol. The van der Waals surface area contributed by atoms with E-state index >= 15 is 0 Å². The summed E-state index contributed by atoms with van der Waals surface area (Å²) >= 11 is 0. The quantitative estimate of drug-likeness (QED) is 0.937. The molecule has 1 aliphatic heterocycles. The summed E-state index contributed by atoms with van der Waals surface area (Å²) in [5.74, 6) is 1.21. The van der Waals surface area contributed by atoms with Crippen molar-refractivity contribution in [1.29, 1.82) is 0 Å². The molecule has 1 aromatic carbocycles. The number of amides is 1. The van der Waals surface area contributed by atoms with Crippen molar-refractivity contribution in [2.75, 3.05) is 24.5 Å². The van der Waals surface area contributed by atoms with E-state index in [0.717, 1.165) is 37.3 Å². The minimum atomic E-state index is -0.297. The van der Waals surface area contributed by atoms with E-state index in [1.54, 1.807) is 6.07 Å². The molecule has 2 aromatic rings. The molecule has 0 radical (unpaired) electrons. The Bertz CT molecular complexity index is 762. The molecule has 1 unspecified atom stereocenters. The lowest BCUT2D eigenvalue weighted by Crippen LogP contribution is -2.43. The highest BCUT2D eigenvalue weighted by atomic mass is 19.1. The third-order valence-corrected chi connectivity index (χ3v) is 4.93. The smallest absolute Gasteiger partial charge is 0.224 e. The monoisotopic (exact) mass is 328 g/mol. The van der Waals surface area contributed by atoms with Gasteiger partial charge in [0.05, 0.1) is 11.4 Å². The van der Waals surface area contributed by atoms with Crippen molar-refractivity contribution in [1.82, 2.24) is 15.3 Å². The van der Waals surface area contributed by atoms with Crippen LogP contribution >= 0.6 is 0 Å². The van der Waals surface area contributed by atoms with Gasteiger partial charge in [-0.1, -0.05) is 0 Å². The predicted octanol–water partition coefficient (Wildman–Crippen LogP) is 2.51. The van der Waals surface area contributed by atoms with E-state index in [-0.39, 0.29) is 17.6 Å². The molecule has 2 heterocycles. The highest BCUT2D eigenvalue weighted by Gasteiger charge is 2.29. The lowest BCUT2D eigenvalue weighted by atomic mass is 9.96. The Hall–Kier alpha value is -2.24. The second-order valence-electron chi connectivity index (χ2n) is 6.83. The van der Waals surface area contributed by atoms with Gasteiger partial charge in [-0.3, -0.25) is 4.79 Å². The van der Waals surface area contributed by atoms with Crippen molar-refractivity contribution >= 4 is 22.6 Å². The first kappa shape index (κ1) is 15.3. The van der Waals surface area contributed by atoms with E-state index in [2.05, 4.69) is 20.2 Å². The summed E-state index contributed by atoms with van der Waals surface area (Å²) in [7, 11) is 0. The summed E-state index contributed by atoms with van der Waals surface area (Å²) < 4.78 is 13.6. The molecule has 2 fully saturated rings. The number of halogens is 1. The molecule has 1 aromatic heterocycles. The lowest BCUT2D eigenvalue weighted by molar-refractivity contribution is -0.125. The number of anilines is 1. The molecule has 1 N–H and O–H groups in total. The SMILES string of the molecule is O=C(NCC1CC1)C1CCCN(c2ncnc3ccc(F)cc23)C1. The van der Waals surface area contributed by atoms with Gasteiger partial charge in [-0.2, -0.15) is 0 Å². The molecule has 0 bridgehead atoms. The maximum absolute atomic E-state index is 13.6. The van der Waals surface area contributed by atoms with Crippen molar-refractivity contribution in [3.05, 3.63) is 30.3 Å². The molecule has 2 aliphatic rings. The van der Waals surface area contributed by atoms with Crippen LogP contribution in [0, 0.1) is 17.7 Å². The molecule has 1 atom stereocenters. The Morgan fingerprint density at radius 3 is 3.00 bits per heavy atom. The summed E-state index contributed by atoms with van der Waals surface area (Å²) in [4.78, 5) is 23.1. The third kappa shape index (κ3) is 3.18. The number of nitrogens with zero attached hydrogens (tertiary/aromatic N) is 3. The first-order valence-corrected chi connectivity index (χ1v) is 8.63. The number of hydrogen-bond acceptors (Lipinski definition) is 4. The van der Waals surface area contributed by atoms with Gasteiger partial charge < -0.3 is 10.2 Å². The van der Waals surface area contributed by atoms with E-state index in [0.29, 0.717) is 17.8 Å². The summed E-state index contributed by atoms with van der Waals surface area (Å²) in [5, 5.41) is 3.78. The highest BCUT2D eigenvalue weighted by molar-refractivity contribution is 5.89. The van der Waals surface area contributed by atoms with Crippen molar-refractivity contribution in [3.63, 3.8) is 0 Å². The molecule has 0 spiro atoms. The Morgan fingerprint density at radius 1 is 1.29 bits per heavy atom. The lowest BCUT2D eigenvalue weighted by Gasteiger charge is -2.33. The van der Waals surface area contributed by atoms with Gasteiger partial charge >= 0.3 is 0 Å². The van der Waals surface area contributed by atoms with Crippen molar-refractivity contribution in [2.24, 2.45) is 11.8 Å². The normalized spacial score (nSPS) is 21.0. The maximum Gasteiger partial charge on any atom is 0.224 e. The van der Waals surface area contributed by atoms with Crippen LogP contribution in [0.2, 0.25) is 0 Å². The Balaban J connectivity index is 1.53. The molecule has 1 saturated carbocycles. The molecular formula is C18H21FN4O. The highest BCUT2D eigenvalue weighted by Crippen LogP contribution is 2.29. The van der Waals surface area contributed by atoms with E-state index in [1.165, 1.54) is 31.3 Å². The van der Waals surface area contributed by atoms with Gasteiger partial charge in [-0.15, -0.1) is 0 Å². The molecule has 24 heavy (non-hydrogen) atoms. The van der Waals surface area contributed by atoms with Crippen LogP contribution < -0.4 is 10.2 Å². The van der Waals surface area contributed by atoms with E-state index in [1.807, 2.05) is 0 Å². The average Bonchev–Trinajstić information content (AvgIpc) is 3.43. The summed E-state index contributed by atoms with van der Waals surface area (Å²) in [6.45, 7) is 2.26. The Labute approximate surface area is 140 Å². The van der Waals surface area contributed by atoms with Gasteiger partial charge in [-0.25, -0.2) is 14.4 Å². The predicted molar refractivity (Wildman–Crippen MR) is 90.2 cm³/mol. The zero-order chi connectivity index (χ0) is 16.5.